The number of nitrogens with one attached hydrogen (secondary N) is 1. The molecule has 0 spiro atoms. The maximum atomic E-state index is 12.4. The topological polar surface area (TPSA) is 52.7 Å². The third-order valence-electron chi connectivity index (χ3n) is 3.86. The van der Waals surface area contributed by atoms with Gasteiger partial charge in [0.1, 0.15) is 0 Å². The van der Waals surface area contributed by atoms with E-state index in [0.717, 1.165) is 38.6 Å². The van der Waals surface area contributed by atoms with E-state index in [1.165, 1.54) is 4.31 Å². The van der Waals surface area contributed by atoms with Crippen molar-refractivity contribution in [3.8, 4) is 0 Å². The zero-order valence-electron chi connectivity index (χ0n) is 12.6. The van der Waals surface area contributed by atoms with Gasteiger partial charge in [0.2, 0.25) is 0 Å². The Balaban J connectivity index is 2.45. The minimum absolute atomic E-state index is 0.613. The summed E-state index contributed by atoms with van der Waals surface area (Å²) in [5.74, 6) is 0.613. The Morgan fingerprint density at radius 3 is 2.42 bits per heavy atom. The van der Waals surface area contributed by atoms with Crippen LogP contribution >= 0.6 is 0 Å². The van der Waals surface area contributed by atoms with Gasteiger partial charge in [0.25, 0.3) is 10.2 Å². The fraction of sp³-hybridized carbons (Fsp3) is 1.00. The monoisotopic (exact) mass is 291 g/mol. The molecule has 0 saturated carbocycles. The van der Waals surface area contributed by atoms with Gasteiger partial charge in [-0.25, -0.2) is 0 Å². The van der Waals surface area contributed by atoms with Gasteiger partial charge in [0.05, 0.1) is 0 Å². The summed E-state index contributed by atoms with van der Waals surface area (Å²) in [6.07, 6.45) is 5.07. The second-order valence-corrected chi connectivity index (χ2v) is 7.47. The fourth-order valence-electron chi connectivity index (χ4n) is 2.53. The zero-order chi connectivity index (χ0) is 14.3. The minimum Gasteiger partial charge on any atom is -0.319 e. The van der Waals surface area contributed by atoms with Crippen molar-refractivity contribution in [2.45, 2.75) is 39.0 Å². The summed E-state index contributed by atoms with van der Waals surface area (Å²) in [5.41, 5.74) is 0. The van der Waals surface area contributed by atoms with E-state index in [1.807, 2.05) is 7.05 Å². The molecule has 1 aliphatic heterocycles. The lowest BCUT2D eigenvalue weighted by Gasteiger charge is -2.33. The average Bonchev–Trinajstić information content (AvgIpc) is 2.40. The predicted molar refractivity (Wildman–Crippen MR) is 79.3 cm³/mol. The van der Waals surface area contributed by atoms with E-state index in [2.05, 4.69) is 12.2 Å². The van der Waals surface area contributed by atoms with Gasteiger partial charge < -0.3 is 5.32 Å². The first kappa shape index (κ1) is 16.9. The molecule has 1 aliphatic rings. The van der Waals surface area contributed by atoms with Gasteiger partial charge >= 0.3 is 0 Å². The number of unbranched alkanes of at least 4 members (excludes halogenated alkanes) is 2. The third kappa shape index (κ3) is 5.02. The van der Waals surface area contributed by atoms with Crippen molar-refractivity contribution in [3.63, 3.8) is 0 Å². The van der Waals surface area contributed by atoms with E-state index in [0.29, 0.717) is 25.6 Å². The van der Waals surface area contributed by atoms with Gasteiger partial charge in [-0.1, -0.05) is 19.8 Å². The molecule has 0 amide bonds. The van der Waals surface area contributed by atoms with Crippen LogP contribution in [0.15, 0.2) is 0 Å². The molecule has 6 heteroatoms. The third-order valence-corrected chi connectivity index (χ3v) is 5.85. The number of piperidine rings is 1. The van der Waals surface area contributed by atoms with E-state index in [9.17, 15) is 8.42 Å². The Kier molecular flexibility index (Phi) is 7.28. The molecule has 114 valence electrons. The molecule has 0 aliphatic carbocycles. The summed E-state index contributed by atoms with van der Waals surface area (Å²) in [5, 5.41) is 3.17. The van der Waals surface area contributed by atoms with Crippen LogP contribution in [0.1, 0.15) is 39.0 Å². The molecule has 0 radical (unpaired) electrons. The maximum absolute atomic E-state index is 12.4. The Morgan fingerprint density at radius 2 is 1.89 bits per heavy atom. The van der Waals surface area contributed by atoms with Crippen LogP contribution in [0, 0.1) is 5.92 Å². The standard InChI is InChI=1S/C13H29N3O2S/c1-4-5-6-9-15(3)19(17,18)16-10-7-13(8-11-16)12-14-2/h13-14H,4-12H2,1-3H3. The second-order valence-electron chi connectivity index (χ2n) is 5.44. The van der Waals surface area contributed by atoms with Crippen LogP contribution in [0.2, 0.25) is 0 Å². The lowest BCUT2D eigenvalue weighted by atomic mass is 9.98. The predicted octanol–water partition coefficient (Wildman–Crippen LogP) is 1.28. The quantitative estimate of drug-likeness (QED) is 0.686. The van der Waals surface area contributed by atoms with Gasteiger partial charge in [-0.05, 0) is 38.8 Å². The van der Waals surface area contributed by atoms with Crippen molar-refractivity contribution in [2.75, 3.05) is 40.3 Å². The number of hydrogen-bond acceptors (Lipinski definition) is 3. The highest BCUT2D eigenvalue weighted by atomic mass is 32.2. The molecule has 5 nitrogen and oxygen atoms in total. The lowest BCUT2D eigenvalue weighted by molar-refractivity contribution is 0.256. The molecule has 1 N–H and O–H groups in total. The molecule has 0 aromatic rings. The molecular weight excluding hydrogens is 262 g/mol. The van der Waals surface area contributed by atoms with Gasteiger partial charge in [0, 0.05) is 26.7 Å². The van der Waals surface area contributed by atoms with Crippen LogP contribution in [0.3, 0.4) is 0 Å². The lowest BCUT2D eigenvalue weighted by Crippen LogP contribution is -2.46. The first-order valence-corrected chi connectivity index (χ1v) is 8.78. The average molecular weight is 291 g/mol. The first-order chi connectivity index (χ1) is 9.02. The van der Waals surface area contributed by atoms with Crippen molar-refractivity contribution in [1.82, 2.24) is 13.9 Å². The van der Waals surface area contributed by atoms with Gasteiger partial charge in [-0.2, -0.15) is 17.0 Å². The van der Waals surface area contributed by atoms with Gasteiger partial charge in [-0.15, -0.1) is 0 Å². The molecule has 1 saturated heterocycles. The van der Waals surface area contributed by atoms with E-state index in [4.69, 9.17) is 0 Å². The van der Waals surface area contributed by atoms with E-state index < -0.39 is 10.2 Å². The normalized spacial score (nSPS) is 19.2. The molecule has 0 atom stereocenters. The molecule has 0 unspecified atom stereocenters. The molecular formula is C13H29N3O2S. The summed E-state index contributed by atoms with van der Waals surface area (Å²) < 4.78 is 27.9. The van der Waals surface area contributed by atoms with E-state index >= 15 is 0 Å². The molecule has 0 aromatic carbocycles. The fourth-order valence-corrected chi connectivity index (χ4v) is 3.96. The van der Waals surface area contributed by atoms with Crippen LogP contribution in [-0.4, -0.2) is 57.3 Å². The van der Waals surface area contributed by atoms with Crippen molar-refractivity contribution in [3.05, 3.63) is 0 Å². The Morgan fingerprint density at radius 1 is 1.26 bits per heavy atom. The summed E-state index contributed by atoms with van der Waals surface area (Å²) in [6, 6.07) is 0. The highest BCUT2D eigenvalue weighted by Crippen LogP contribution is 2.20. The van der Waals surface area contributed by atoms with Crippen LogP contribution in [0.5, 0.6) is 0 Å². The van der Waals surface area contributed by atoms with Crippen LogP contribution in [0.4, 0.5) is 0 Å². The first-order valence-electron chi connectivity index (χ1n) is 7.38. The molecule has 0 bridgehead atoms. The minimum atomic E-state index is -3.23. The Labute approximate surface area is 118 Å². The highest BCUT2D eigenvalue weighted by molar-refractivity contribution is 7.86. The van der Waals surface area contributed by atoms with Crippen LogP contribution in [-0.2, 0) is 10.2 Å². The summed E-state index contributed by atoms with van der Waals surface area (Å²) in [7, 11) is 0.414. The highest BCUT2D eigenvalue weighted by Gasteiger charge is 2.30. The number of hydrogen-bond donors (Lipinski definition) is 1. The van der Waals surface area contributed by atoms with Crippen molar-refractivity contribution >= 4 is 10.2 Å². The van der Waals surface area contributed by atoms with Crippen LogP contribution in [0.25, 0.3) is 0 Å². The van der Waals surface area contributed by atoms with Gasteiger partial charge in [0.15, 0.2) is 0 Å². The van der Waals surface area contributed by atoms with E-state index in [-0.39, 0.29) is 0 Å². The molecule has 0 aromatic heterocycles. The molecule has 1 heterocycles. The van der Waals surface area contributed by atoms with Gasteiger partial charge in [-0.3, -0.25) is 0 Å². The second kappa shape index (κ2) is 8.19. The number of nitrogens with zero attached hydrogens (tertiary/aromatic N) is 2. The van der Waals surface area contributed by atoms with Crippen molar-refractivity contribution in [2.24, 2.45) is 5.92 Å². The van der Waals surface area contributed by atoms with Crippen molar-refractivity contribution in [1.29, 1.82) is 0 Å². The molecule has 1 fully saturated rings. The Bertz CT molecular complexity index is 338. The van der Waals surface area contributed by atoms with E-state index in [1.54, 1.807) is 11.4 Å². The SMILES string of the molecule is CCCCCN(C)S(=O)(=O)N1CCC(CNC)CC1. The van der Waals surface area contributed by atoms with Crippen molar-refractivity contribution < 1.29 is 8.42 Å². The summed E-state index contributed by atoms with van der Waals surface area (Å²) in [4.78, 5) is 0. The summed E-state index contributed by atoms with van der Waals surface area (Å²) >= 11 is 0. The van der Waals surface area contributed by atoms with Crippen LogP contribution < -0.4 is 5.32 Å². The Hall–Kier alpha value is -0.170. The zero-order valence-corrected chi connectivity index (χ0v) is 13.4. The summed E-state index contributed by atoms with van der Waals surface area (Å²) in [6.45, 7) is 5.06. The largest absolute Gasteiger partial charge is 0.319 e. The number of rotatable bonds is 8. The smallest absolute Gasteiger partial charge is 0.281 e. The molecule has 1 rings (SSSR count). The maximum Gasteiger partial charge on any atom is 0.281 e. The molecule has 19 heavy (non-hydrogen) atoms.